The number of hydrogen-bond acceptors (Lipinski definition) is 2. The van der Waals surface area contributed by atoms with Crippen molar-refractivity contribution in [2.24, 2.45) is 7.05 Å². The summed E-state index contributed by atoms with van der Waals surface area (Å²) >= 11 is 5.77. The first kappa shape index (κ1) is 11.1. The van der Waals surface area contributed by atoms with Gasteiger partial charge in [0, 0.05) is 12.6 Å². The van der Waals surface area contributed by atoms with Crippen LogP contribution < -0.4 is 0 Å². The van der Waals surface area contributed by atoms with E-state index in [0.717, 1.165) is 17.2 Å². The van der Waals surface area contributed by atoms with E-state index in [1.54, 1.807) is 0 Å². The van der Waals surface area contributed by atoms with E-state index in [1.807, 2.05) is 11.6 Å². The number of aromatic nitrogens is 3. The van der Waals surface area contributed by atoms with E-state index < -0.39 is 0 Å². The molecule has 16 heavy (non-hydrogen) atoms. The van der Waals surface area contributed by atoms with Gasteiger partial charge in [-0.05, 0) is 31.0 Å². The number of rotatable bonds is 2. The van der Waals surface area contributed by atoms with Crippen molar-refractivity contribution < 1.29 is 0 Å². The molecule has 0 aliphatic rings. The van der Waals surface area contributed by atoms with Crippen molar-refractivity contribution in [3.05, 3.63) is 35.2 Å². The maximum Gasteiger partial charge on any atom is 0.163 e. The zero-order valence-electron chi connectivity index (χ0n) is 9.66. The molecule has 1 aromatic carbocycles. The van der Waals surface area contributed by atoms with Gasteiger partial charge in [0.15, 0.2) is 5.82 Å². The zero-order valence-corrected chi connectivity index (χ0v) is 10.4. The molecule has 0 radical (unpaired) electrons. The average molecular weight is 236 g/mol. The first-order valence-electron chi connectivity index (χ1n) is 5.15. The Labute approximate surface area is 100 Å². The number of alkyl halides is 1. The summed E-state index contributed by atoms with van der Waals surface area (Å²) < 4.78 is 1.93. The van der Waals surface area contributed by atoms with Gasteiger partial charge in [0.05, 0.1) is 5.88 Å². The molecule has 0 bridgehead atoms. The fourth-order valence-electron chi connectivity index (χ4n) is 1.61. The van der Waals surface area contributed by atoms with Crippen molar-refractivity contribution in [1.29, 1.82) is 0 Å². The minimum Gasteiger partial charge on any atom is -0.313 e. The molecule has 0 atom stereocenters. The highest BCUT2D eigenvalue weighted by atomic mass is 35.5. The maximum atomic E-state index is 5.77. The largest absolute Gasteiger partial charge is 0.313 e. The van der Waals surface area contributed by atoms with Crippen LogP contribution in [0.1, 0.15) is 17.0 Å². The fourth-order valence-corrected chi connectivity index (χ4v) is 1.84. The molecule has 3 nitrogen and oxygen atoms in total. The maximum absolute atomic E-state index is 5.77. The van der Waals surface area contributed by atoms with Crippen LogP contribution in [0.15, 0.2) is 18.2 Å². The summed E-state index contributed by atoms with van der Waals surface area (Å²) in [4.78, 5) is 0. The molecular formula is C12H14ClN3. The molecule has 0 aliphatic heterocycles. The number of benzene rings is 1. The Hall–Kier alpha value is -1.35. The predicted molar refractivity (Wildman–Crippen MR) is 65.5 cm³/mol. The topological polar surface area (TPSA) is 30.7 Å². The predicted octanol–water partition coefficient (Wildman–Crippen LogP) is 2.84. The van der Waals surface area contributed by atoms with Gasteiger partial charge in [-0.15, -0.1) is 21.8 Å². The Balaban J connectivity index is 2.50. The minimum atomic E-state index is 0.383. The third kappa shape index (κ3) is 1.83. The molecule has 84 valence electrons. The molecule has 1 aromatic heterocycles. The van der Waals surface area contributed by atoms with Gasteiger partial charge < -0.3 is 4.57 Å². The molecule has 2 aromatic rings. The fraction of sp³-hybridized carbons (Fsp3) is 0.333. The van der Waals surface area contributed by atoms with Crippen LogP contribution in [0.2, 0.25) is 0 Å². The van der Waals surface area contributed by atoms with Crippen LogP contribution in [0.3, 0.4) is 0 Å². The third-order valence-corrected chi connectivity index (χ3v) is 3.09. The van der Waals surface area contributed by atoms with Crippen molar-refractivity contribution in [2.75, 3.05) is 0 Å². The quantitative estimate of drug-likeness (QED) is 0.750. The lowest BCUT2D eigenvalue weighted by atomic mass is 10.1. The SMILES string of the molecule is Cc1ccc(-c2nnc(CCl)n2C)cc1C. The van der Waals surface area contributed by atoms with Crippen LogP contribution in [0.4, 0.5) is 0 Å². The lowest BCUT2D eigenvalue weighted by Crippen LogP contribution is -1.97. The van der Waals surface area contributed by atoms with E-state index in [-0.39, 0.29) is 0 Å². The van der Waals surface area contributed by atoms with Gasteiger partial charge in [0.1, 0.15) is 5.82 Å². The lowest BCUT2D eigenvalue weighted by molar-refractivity contribution is 0.853. The highest BCUT2D eigenvalue weighted by Gasteiger charge is 2.10. The normalized spacial score (nSPS) is 10.8. The molecule has 0 aliphatic carbocycles. The summed E-state index contributed by atoms with van der Waals surface area (Å²) in [7, 11) is 1.93. The summed E-state index contributed by atoms with van der Waals surface area (Å²) in [5, 5.41) is 8.20. The first-order valence-corrected chi connectivity index (χ1v) is 5.69. The number of aryl methyl sites for hydroxylation is 2. The van der Waals surface area contributed by atoms with Gasteiger partial charge >= 0.3 is 0 Å². The van der Waals surface area contributed by atoms with Crippen LogP contribution in [-0.2, 0) is 12.9 Å². The summed E-state index contributed by atoms with van der Waals surface area (Å²) in [6.45, 7) is 4.19. The Morgan fingerprint density at radius 2 is 1.94 bits per heavy atom. The van der Waals surface area contributed by atoms with Crippen molar-refractivity contribution in [3.63, 3.8) is 0 Å². The summed E-state index contributed by atoms with van der Waals surface area (Å²) in [6.07, 6.45) is 0. The molecule has 0 spiro atoms. The lowest BCUT2D eigenvalue weighted by Gasteiger charge is -2.05. The second kappa shape index (κ2) is 4.26. The van der Waals surface area contributed by atoms with Crippen LogP contribution in [0.25, 0.3) is 11.4 Å². The van der Waals surface area contributed by atoms with Gasteiger partial charge in [0.2, 0.25) is 0 Å². The highest BCUT2D eigenvalue weighted by molar-refractivity contribution is 6.16. The van der Waals surface area contributed by atoms with E-state index in [2.05, 4.69) is 42.2 Å². The molecule has 0 N–H and O–H groups in total. The Morgan fingerprint density at radius 3 is 2.50 bits per heavy atom. The second-order valence-corrected chi connectivity index (χ2v) is 4.20. The number of halogens is 1. The summed E-state index contributed by atoms with van der Waals surface area (Å²) in [6, 6.07) is 6.28. The minimum absolute atomic E-state index is 0.383. The first-order chi connectivity index (χ1) is 7.63. The molecule has 0 amide bonds. The van der Waals surface area contributed by atoms with Crippen LogP contribution in [-0.4, -0.2) is 14.8 Å². The van der Waals surface area contributed by atoms with Gasteiger partial charge in [-0.25, -0.2) is 0 Å². The molecule has 1 heterocycles. The van der Waals surface area contributed by atoms with Crippen molar-refractivity contribution in [3.8, 4) is 11.4 Å². The molecule has 0 saturated heterocycles. The molecule has 0 unspecified atom stereocenters. The van der Waals surface area contributed by atoms with Gasteiger partial charge in [-0.1, -0.05) is 12.1 Å². The Morgan fingerprint density at radius 1 is 1.19 bits per heavy atom. The summed E-state index contributed by atoms with van der Waals surface area (Å²) in [5.41, 5.74) is 3.62. The molecule has 2 rings (SSSR count). The second-order valence-electron chi connectivity index (χ2n) is 3.93. The average Bonchev–Trinajstić information content (AvgIpc) is 2.64. The van der Waals surface area contributed by atoms with Crippen LogP contribution in [0.5, 0.6) is 0 Å². The van der Waals surface area contributed by atoms with Crippen molar-refractivity contribution >= 4 is 11.6 Å². The van der Waals surface area contributed by atoms with E-state index in [0.29, 0.717) is 5.88 Å². The van der Waals surface area contributed by atoms with E-state index in [1.165, 1.54) is 11.1 Å². The molecule has 4 heteroatoms. The van der Waals surface area contributed by atoms with Gasteiger partial charge in [-0.2, -0.15) is 0 Å². The number of nitrogens with zero attached hydrogens (tertiary/aromatic N) is 3. The van der Waals surface area contributed by atoms with Gasteiger partial charge in [0.25, 0.3) is 0 Å². The van der Waals surface area contributed by atoms with E-state index in [9.17, 15) is 0 Å². The Bertz CT molecular complexity index is 517. The zero-order chi connectivity index (χ0) is 11.7. The monoisotopic (exact) mass is 235 g/mol. The Kier molecular flexibility index (Phi) is 2.97. The highest BCUT2D eigenvalue weighted by Crippen LogP contribution is 2.20. The van der Waals surface area contributed by atoms with Crippen LogP contribution >= 0.6 is 11.6 Å². The smallest absolute Gasteiger partial charge is 0.163 e. The third-order valence-electron chi connectivity index (χ3n) is 2.85. The number of hydrogen-bond donors (Lipinski definition) is 0. The van der Waals surface area contributed by atoms with Crippen molar-refractivity contribution in [2.45, 2.75) is 19.7 Å². The standard InChI is InChI=1S/C12H14ClN3/c1-8-4-5-10(6-9(8)2)12-15-14-11(7-13)16(12)3/h4-6H,7H2,1-3H3. The van der Waals surface area contributed by atoms with E-state index >= 15 is 0 Å². The molecule has 0 saturated carbocycles. The van der Waals surface area contributed by atoms with Gasteiger partial charge in [-0.3, -0.25) is 0 Å². The summed E-state index contributed by atoms with van der Waals surface area (Å²) in [5.74, 6) is 2.03. The van der Waals surface area contributed by atoms with Crippen LogP contribution in [0, 0.1) is 13.8 Å². The molecule has 0 fully saturated rings. The molecular weight excluding hydrogens is 222 g/mol. The van der Waals surface area contributed by atoms with Crippen molar-refractivity contribution in [1.82, 2.24) is 14.8 Å². The van der Waals surface area contributed by atoms with E-state index in [4.69, 9.17) is 11.6 Å².